The molecule has 1 amide bonds. The lowest BCUT2D eigenvalue weighted by Gasteiger charge is -2.30. The van der Waals surface area contributed by atoms with E-state index < -0.39 is 0 Å². The summed E-state index contributed by atoms with van der Waals surface area (Å²) in [5, 5.41) is -0.239. The van der Waals surface area contributed by atoms with Crippen molar-refractivity contribution in [1.29, 1.82) is 0 Å². The van der Waals surface area contributed by atoms with Gasteiger partial charge in [0.15, 0.2) is 11.5 Å². The Kier molecular flexibility index (Phi) is 5.34. The minimum absolute atomic E-state index is 0.204. The molecule has 2 aromatic carbocycles. The molecule has 0 bridgehead atoms. The molecule has 136 valence electrons. The lowest BCUT2D eigenvalue weighted by molar-refractivity contribution is -0.131. The van der Waals surface area contributed by atoms with Crippen molar-refractivity contribution in [2.75, 3.05) is 26.3 Å². The zero-order valence-electron chi connectivity index (χ0n) is 14.7. The van der Waals surface area contributed by atoms with Crippen molar-refractivity contribution < 1.29 is 14.3 Å². The van der Waals surface area contributed by atoms with Gasteiger partial charge in [0.2, 0.25) is 5.91 Å². The standard InChI is InChI=1S/C21H23NO3S/c23-21(22-11-5-2-6-12-22)20(16-7-3-1-4-8-16)26-17-9-10-18-19(15-17)25-14-13-24-18/h1,3-4,7-10,15,20H,2,5-6,11-14H2/t20-/m0/s1. The topological polar surface area (TPSA) is 38.8 Å². The van der Waals surface area contributed by atoms with Gasteiger partial charge >= 0.3 is 0 Å². The SMILES string of the molecule is O=C([C@@H](Sc1ccc2c(c1)OCCO2)c1ccccc1)N1CCCCC1. The van der Waals surface area contributed by atoms with Gasteiger partial charge in [-0.1, -0.05) is 30.3 Å². The molecule has 0 N–H and O–H groups in total. The molecule has 2 aliphatic heterocycles. The fourth-order valence-corrected chi connectivity index (χ4v) is 4.54. The van der Waals surface area contributed by atoms with E-state index in [9.17, 15) is 4.79 Å². The summed E-state index contributed by atoms with van der Waals surface area (Å²) in [4.78, 5) is 16.3. The van der Waals surface area contributed by atoms with E-state index in [1.54, 1.807) is 11.8 Å². The Morgan fingerprint density at radius 1 is 0.923 bits per heavy atom. The Balaban J connectivity index is 1.59. The summed E-state index contributed by atoms with van der Waals surface area (Å²) in [5.74, 6) is 1.74. The number of hydrogen-bond acceptors (Lipinski definition) is 4. The molecule has 2 heterocycles. The van der Waals surface area contributed by atoms with Crippen LogP contribution in [-0.4, -0.2) is 37.1 Å². The third-order valence-corrected chi connectivity index (χ3v) is 6.00. The van der Waals surface area contributed by atoms with E-state index in [1.165, 1.54) is 6.42 Å². The van der Waals surface area contributed by atoms with Gasteiger partial charge < -0.3 is 14.4 Å². The highest BCUT2D eigenvalue weighted by atomic mass is 32.2. The number of thioether (sulfide) groups is 1. The first-order valence-electron chi connectivity index (χ1n) is 9.21. The number of ether oxygens (including phenoxy) is 2. The highest BCUT2D eigenvalue weighted by Gasteiger charge is 2.28. The number of rotatable bonds is 4. The molecule has 0 unspecified atom stereocenters. The van der Waals surface area contributed by atoms with Gasteiger partial charge in [-0.15, -0.1) is 11.8 Å². The lowest BCUT2D eigenvalue weighted by Crippen LogP contribution is -2.38. The van der Waals surface area contributed by atoms with Crippen molar-refractivity contribution in [3.8, 4) is 11.5 Å². The highest BCUT2D eigenvalue weighted by Crippen LogP contribution is 2.41. The molecular weight excluding hydrogens is 346 g/mol. The zero-order chi connectivity index (χ0) is 17.8. The van der Waals surface area contributed by atoms with Gasteiger partial charge in [-0.05, 0) is 43.0 Å². The van der Waals surface area contributed by atoms with Crippen molar-refractivity contribution in [2.45, 2.75) is 29.4 Å². The van der Waals surface area contributed by atoms with E-state index in [0.29, 0.717) is 13.2 Å². The summed E-state index contributed by atoms with van der Waals surface area (Å²) in [5.41, 5.74) is 1.04. The summed E-state index contributed by atoms with van der Waals surface area (Å²) >= 11 is 1.59. The number of piperidine rings is 1. The van der Waals surface area contributed by atoms with Crippen LogP contribution in [0.25, 0.3) is 0 Å². The maximum absolute atomic E-state index is 13.2. The molecule has 26 heavy (non-hydrogen) atoms. The normalized spacial score (nSPS) is 17.6. The van der Waals surface area contributed by atoms with Crippen LogP contribution in [0.2, 0.25) is 0 Å². The van der Waals surface area contributed by atoms with Gasteiger partial charge in [-0.2, -0.15) is 0 Å². The van der Waals surface area contributed by atoms with Gasteiger partial charge in [0.1, 0.15) is 18.5 Å². The molecular formula is C21H23NO3S. The van der Waals surface area contributed by atoms with Crippen LogP contribution in [-0.2, 0) is 4.79 Å². The summed E-state index contributed by atoms with van der Waals surface area (Å²) in [6, 6.07) is 16.0. The minimum atomic E-state index is -0.239. The van der Waals surface area contributed by atoms with E-state index in [1.807, 2.05) is 53.4 Å². The fraction of sp³-hybridized carbons (Fsp3) is 0.381. The average molecular weight is 369 g/mol. The molecule has 0 radical (unpaired) electrons. The number of carbonyl (C=O) groups is 1. The third kappa shape index (κ3) is 3.83. The lowest BCUT2D eigenvalue weighted by atomic mass is 10.1. The van der Waals surface area contributed by atoms with Crippen molar-refractivity contribution in [1.82, 2.24) is 4.90 Å². The van der Waals surface area contributed by atoms with Crippen LogP contribution in [0.3, 0.4) is 0 Å². The van der Waals surface area contributed by atoms with Crippen molar-refractivity contribution in [3.05, 3.63) is 54.1 Å². The maximum atomic E-state index is 13.2. The van der Waals surface area contributed by atoms with Gasteiger partial charge in [-0.3, -0.25) is 4.79 Å². The molecule has 1 saturated heterocycles. The Labute approximate surface area is 158 Å². The molecule has 0 saturated carbocycles. The number of amides is 1. The Morgan fingerprint density at radius 3 is 2.42 bits per heavy atom. The molecule has 2 aromatic rings. The number of likely N-dealkylation sites (tertiary alicyclic amines) is 1. The summed E-state index contributed by atoms with van der Waals surface area (Å²) in [6.45, 7) is 2.88. The van der Waals surface area contributed by atoms with E-state index >= 15 is 0 Å². The quantitative estimate of drug-likeness (QED) is 0.753. The first-order valence-corrected chi connectivity index (χ1v) is 10.1. The molecule has 0 aromatic heterocycles. The van der Waals surface area contributed by atoms with Crippen LogP contribution in [0.15, 0.2) is 53.4 Å². The number of hydrogen-bond donors (Lipinski definition) is 0. The maximum Gasteiger partial charge on any atom is 0.240 e. The molecule has 1 fully saturated rings. The van der Waals surface area contributed by atoms with Crippen molar-refractivity contribution in [3.63, 3.8) is 0 Å². The number of nitrogens with zero attached hydrogens (tertiary/aromatic N) is 1. The molecule has 4 nitrogen and oxygen atoms in total. The Morgan fingerprint density at radius 2 is 1.65 bits per heavy atom. The average Bonchev–Trinajstić information content (AvgIpc) is 2.73. The Hall–Kier alpha value is -2.14. The van der Waals surface area contributed by atoms with Crippen LogP contribution in [0.4, 0.5) is 0 Å². The first-order chi connectivity index (χ1) is 12.8. The van der Waals surface area contributed by atoms with Gasteiger partial charge in [0.25, 0.3) is 0 Å². The number of benzene rings is 2. The molecule has 0 aliphatic carbocycles. The number of fused-ring (bicyclic) bond motifs is 1. The fourth-order valence-electron chi connectivity index (χ4n) is 3.40. The monoisotopic (exact) mass is 369 g/mol. The number of carbonyl (C=O) groups excluding carboxylic acids is 1. The second-order valence-electron chi connectivity index (χ2n) is 6.60. The minimum Gasteiger partial charge on any atom is -0.486 e. The summed E-state index contributed by atoms with van der Waals surface area (Å²) < 4.78 is 11.3. The molecule has 5 heteroatoms. The van der Waals surface area contributed by atoms with E-state index in [-0.39, 0.29) is 11.2 Å². The van der Waals surface area contributed by atoms with Crippen molar-refractivity contribution >= 4 is 17.7 Å². The predicted molar refractivity (Wildman–Crippen MR) is 103 cm³/mol. The van der Waals surface area contributed by atoms with E-state index in [2.05, 4.69) is 0 Å². The molecule has 2 aliphatic rings. The predicted octanol–water partition coefficient (Wildman–Crippen LogP) is 4.30. The highest BCUT2D eigenvalue weighted by molar-refractivity contribution is 8.00. The van der Waals surface area contributed by atoms with Gasteiger partial charge in [0, 0.05) is 18.0 Å². The van der Waals surface area contributed by atoms with Crippen LogP contribution in [0.5, 0.6) is 11.5 Å². The second-order valence-corrected chi connectivity index (χ2v) is 7.78. The zero-order valence-corrected chi connectivity index (χ0v) is 15.5. The molecule has 4 rings (SSSR count). The van der Waals surface area contributed by atoms with Crippen LogP contribution < -0.4 is 9.47 Å². The molecule has 0 spiro atoms. The summed E-state index contributed by atoms with van der Waals surface area (Å²) in [6.07, 6.45) is 3.42. The third-order valence-electron chi connectivity index (χ3n) is 4.76. The van der Waals surface area contributed by atoms with Crippen LogP contribution in [0, 0.1) is 0 Å². The second kappa shape index (κ2) is 8.04. The van der Waals surface area contributed by atoms with Crippen LogP contribution in [0.1, 0.15) is 30.1 Å². The smallest absolute Gasteiger partial charge is 0.240 e. The van der Waals surface area contributed by atoms with Crippen LogP contribution >= 0.6 is 11.8 Å². The first kappa shape index (κ1) is 17.3. The summed E-state index contributed by atoms with van der Waals surface area (Å²) in [7, 11) is 0. The van der Waals surface area contributed by atoms with Gasteiger partial charge in [0.05, 0.1) is 0 Å². The van der Waals surface area contributed by atoms with E-state index in [4.69, 9.17) is 9.47 Å². The van der Waals surface area contributed by atoms with Crippen molar-refractivity contribution in [2.24, 2.45) is 0 Å². The van der Waals surface area contributed by atoms with Gasteiger partial charge in [-0.25, -0.2) is 0 Å². The molecule has 1 atom stereocenters. The van der Waals surface area contributed by atoms with E-state index in [0.717, 1.165) is 47.9 Å². The Bertz CT molecular complexity index is 759. The largest absolute Gasteiger partial charge is 0.486 e.